The van der Waals surface area contributed by atoms with E-state index < -0.39 is 0 Å². The van der Waals surface area contributed by atoms with Crippen LogP contribution in [0.25, 0.3) is 0 Å². The van der Waals surface area contributed by atoms with Gasteiger partial charge in [-0.3, -0.25) is 4.79 Å². The van der Waals surface area contributed by atoms with Crippen LogP contribution < -0.4 is 11.1 Å². The molecular formula is C13H19BrN2O2. The minimum absolute atomic E-state index is 0.143. The number of anilines is 1. The maximum absolute atomic E-state index is 11.9. The molecule has 0 unspecified atom stereocenters. The van der Waals surface area contributed by atoms with Gasteiger partial charge in [0.05, 0.1) is 5.56 Å². The highest BCUT2D eigenvalue weighted by Crippen LogP contribution is 2.18. The lowest BCUT2D eigenvalue weighted by molar-refractivity contribution is 0.0953. The molecule has 0 spiro atoms. The maximum Gasteiger partial charge on any atom is 0.253 e. The molecule has 18 heavy (non-hydrogen) atoms. The third-order valence-electron chi connectivity index (χ3n) is 2.63. The average molecular weight is 315 g/mol. The Morgan fingerprint density at radius 1 is 1.28 bits per heavy atom. The molecule has 0 bridgehead atoms. The fraction of sp³-hybridized carbons (Fsp3) is 0.462. The molecule has 0 atom stereocenters. The number of aliphatic hydroxyl groups is 1. The van der Waals surface area contributed by atoms with Crippen LogP contribution in [0.2, 0.25) is 0 Å². The first-order valence-corrected chi connectivity index (χ1v) is 6.88. The van der Waals surface area contributed by atoms with Gasteiger partial charge >= 0.3 is 0 Å². The van der Waals surface area contributed by atoms with E-state index in [9.17, 15) is 4.79 Å². The summed E-state index contributed by atoms with van der Waals surface area (Å²) in [4.78, 5) is 11.9. The number of nitrogens with one attached hydrogen (secondary N) is 1. The summed E-state index contributed by atoms with van der Waals surface area (Å²) in [6, 6.07) is 5.23. The Balaban J connectivity index is 2.34. The molecule has 0 saturated heterocycles. The second-order valence-corrected chi connectivity index (χ2v) is 5.04. The van der Waals surface area contributed by atoms with Crippen molar-refractivity contribution in [2.24, 2.45) is 0 Å². The van der Waals surface area contributed by atoms with E-state index >= 15 is 0 Å². The molecule has 1 rings (SSSR count). The van der Waals surface area contributed by atoms with Crippen LogP contribution in [0.4, 0.5) is 5.69 Å². The van der Waals surface area contributed by atoms with Gasteiger partial charge < -0.3 is 16.2 Å². The van der Waals surface area contributed by atoms with Crippen molar-refractivity contribution in [3.63, 3.8) is 0 Å². The molecular weight excluding hydrogens is 296 g/mol. The number of carbonyl (C=O) groups excluding carboxylic acids is 1. The van der Waals surface area contributed by atoms with E-state index in [1.165, 1.54) is 0 Å². The van der Waals surface area contributed by atoms with Gasteiger partial charge in [0.15, 0.2) is 0 Å². The number of nitrogen functional groups attached to an aromatic ring is 1. The molecule has 0 aliphatic rings. The predicted molar refractivity (Wildman–Crippen MR) is 76.4 cm³/mol. The van der Waals surface area contributed by atoms with Crippen LogP contribution in [0.5, 0.6) is 0 Å². The van der Waals surface area contributed by atoms with Gasteiger partial charge in [0.2, 0.25) is 0 Å². The summed E-state index contributed by atoms with van der Waals surface area (Å²) in [6.07, 6.45) is 3.74. The topological polar surface area (TPSA) is 75.4 Å². The Kier molecular flexibility index (Phi) is 6.75. The van der Waals surface area contributed by atoms with Gasteiger partial charge in [-0.2, -0.15) is 0 Å². The highest BCUT2D eigenvalue weighted by atomic mass is 79.9. The quantitative estimate of drug-likeness (QED) is 0.534. The normalized spacial score (nSPS) is 10.3. The number of benzene rings is 1. The van der Waals surface area contributed by atoms with Crippen LogP contribution in [0.1, 0.15) is 36.0 Å². The summed E-state index contributed by atoms with van der Waals surface area (Å²) in [5.74, 6) is -0.143. The minimum atomic E-state index is -0.143. The molecule has 4 nitrogen and oxygen atoms in total. The molecule has 100 valence electrons. The zero-order valence-corrected chi connectivity index (χ0v) is 11.9. The number of unbranched alkanes of at least 4 members (excludes halogenated alkanes) is 3. The number of nitrogens with two attached hydrogens (primary N) is 1. The van der Waals surface area contributed by atoms with E-state index in [4.69, 9.17) is 10.8 Å². The predicted octanol–water partition coefficient (Wildman–Crippen LogP) is 2.31. The van der Waals surface area contributed by atoms with Crippen molar-refractivity contribution in [2.75, 3.05) is 18.9 Å². The number of carbonyl (C=O) groups is 1. The number of amides is 1. The summed E-state index contributed by atoms with van der Waals surface area (Å²) >= 11 is 3.32. The molecule has 5 heteroatoms. The largest absolute Gasteiger partial charge is 0.398 e. The molecule has 1 aromatic carbocycles. The summed E-state index contributed by atoms with van der Waals surface area (Å²) in [5.41, 5.74) is 6.73. The number of halogens is 1. The third-order valence-corrected chi connectivity index (χ3v) is 3.12. The van der Waals surface area contributed by atoms with E-state index in [1.807, 2.05) is 0 Å². The molecule has 1 amide bonds. The Labute approximate surface area is 116 Å². The van der Waals surface area contributed by atoms with Crippen molar-refractivity contribution in [3.8, 4) is 0 Å². The van der Waals surface area contributed by atoms with E-state index in [1.54, 1.807) is 18.2 Å². The van der Waals surface area contributed by atoms with E-state index in [0.717, 1.165) is 30.2 Å². The van der Waals surface area contributed by atoms with Crippen LogP contribution in [0.15, 0.2) is 22.7 Å². The van der Waals surface area contributed by atoms with Crippen molar-refractivity contribution in [1.82, 2.24) is 5.32 Å². The smallest absolute Gasteiger partial charge is 0.253 e. The highest BCUT2D eigenvalue weighted by Gasteiger charge is 2.09. The molecule has 1 aromatic rings. The first-order valence-electron chi connectivity index (χ1n) is 6.09. The summed E-state index contributed by atoms with van der Waals surface area (Å²) in [6.45, 7) is 0.872. The molecule has 0 aliphatic carbocycles. The van der Waals surface area contributed by atoms with Crippen molar-refractivity contribution >= 4 is 27.5 Å². The molecule has 0 heterocycles. The zero-order valence-electron chi connectivity index (χ0n) is 10.3. The standard InChI is InChI=1S/C13H19BrN2O2/c14-10-5-6-12(15)11(9-10)13(18)16-7-3-1-2-4-8-17/h5-6,9,17H,1-4,7-8,15H2,(H,16,18). The molecule has 0 saturated carbocycles. The van der Waals surface area contributed by atoms with Gasteiger partial charge in [0.25, 0.3) is 5.91 Å². The fourth-order valence-corrected chi connectivity index (χ4v) is 1.97. The molecule has 0 aliphatic heterocycles. The maximum atomic E-state index is 11.9. The van der Waals surface area contributed by atoms with Crippen molar-refractivity contribution in [3.05, 3.63) is 28.2 Å². The van der Waals surface area contributed by atoms with Crippen LogP contribution in [0.3, 0.4) is 0 Å². The second kappa shape index (κ2) is 8.11. The van der Waals surface area contributed by atoms with Crippen LogP contribution >= 0.6 is 15.9 Å². The average Bonchev–Trinajstić information content (AvgIpc) is 2.36. The second-order valence-electron chi connectivity index (χ2n) is 4.13. The molecule has 0 fully saturated rings. The molecule has 0 aromatic heterocycles. The van der Waals surface area contributed by atoms with Gasteiger partial charge in [-0.25, -0.2) is 0 Å². The number of hydrogen-bond acceptors (Lipinski definition) is 3. The lowest BCUT2D eigenvalue weighted by Gasteiger charge is -2.07. The van der Waals surface area contributed by atoms with E-state index in [2.05, 4.69) is 21.2 Å². The van der Waals surface area contributed by atoms with Crippen molar-refractivity contribution < 1.29 is 9.90 Å². The van der Waals surface area contributed by atoms with Gasteiger partial charge in [0, 0.05) is 23.3 Å². The highest BCUT2D eigenvalue weighted by molar-refractivity contribution is 9.10. The van der Waals surface area contributed by atoms with Crippen LogP contribution in [-0.4, -0.2) is 24.2 Å². The van der Waals surface area contributed by atoms with E-state index in [0.29, 0.717) is 17.8 Å². The van der Waals surface area contributed by atoms with Gasteiger partial charge in [-0.1, -0.05) is 28.8 Å². The minimum Gasteiger partial charge on any atom is -0.398 e. The first kappa shape index (κ1) is 15.0. The van der Waals surface area contributed by atoms with Crippen molar-refractivity contribution in [1.29, 1.82) is 0 Å². The van der Waals surface area contributed by atoms with Gasteiger partial charge in [-0.15, -0.1) is 0 Å². The van der Waals surface area contributed by atoms with Gasteiger partial charge in [0.1, 0.15) is 0 Å². The lowest BCUT2D eigenvalue weighted by atomic mass is 10.1. The lowest BCUT2D eigenvalue weighted by Crippen LogP contribution is -2.25. The fourth-order valence-electron chi connectivity index (χ4n) is 1.61. The van der Waals surface area contributed by atoms with Crippen LogP contribution in [-0.2, 0) is 0 Å². The SMILES string of the molecule is Nc1ccc(Br)cc1C(=O)NCCCCCCO. The van der Waals surface area contributed by atoms with Gasteiger partial charge in [-0.05, 0) is 31.0 Å². The Morgan fingerprint density at radius 3 is 2.72 bits per heavy atom. The number of rotatable bonds is 7. The molecule has 0 radical (unpaired) electrons. The summed E-state index contributed by atoms with van der Waals surface area (Å²) in [5, 5.41) is 11.5. The molecule has 4 N–H and O–H groups in total. The Morgan fingerprint density at radius 2 is 2.00 bits per heavy atom. The Bertz CT molecular complexity index is 397. The third kappa shape index (κ3) is 5.06. The van der Waals surface area contributed by atoms with E-state index in [-0.39, 0.29) is 12.5 Å². The Hall–Kier alpha value is -1.07. The summed E-state index contributed by atoms with van der Waals surface area (Å²) < 4.78 is 0.838. The van der Waals surface area contributed by atoms with Crippen LogP contribution in [0, 0.1) is 0 Å². The zero-order chi connectivity index (χ0) is 13.4. The number of hydrogen-bond donors (Lipinski definition) is 3. The first-order chi connectivity index (χ1) is 8.65. The van der Waals surface area contributed by atoms with Crippen molar-refractivity contribution in [2.45, 2.75) is 25.7 Å². The number of aliphatic hydroxyl groups excluding tert-OH is 1. The monoisotopic (exact) mass is 314 g/mol. The summed E-state index contributed by atoms with van der Waals surface area (Å²) in [7, 11) is 0.